The summed E-state index contributed by atoms with van der Waals surface area (Å²) in [6.45, 7) is 2.19. The van der Waals surface area contributed by atoms with Gasteiger partial charge in [0.1, 0.15) is 0 Å². The minimum absolute atomic E-state index is 0.00510. The number of aromatic carboxylic acids is 1. The minimum atomic E-state index is -1.11. The molecule has 0 saturated heterocycles. The highest BCUT2D eigenvalue weighted by atomic mass is 35.5. The summed E-state index contributed by atoms with van der Waals surface area (Å²) in [7, 11) is 0. The van der Waals surface area contributed by atoms with Gasteiger partial charge in [-0.2, -0.15) is 0 Å². The quantitative estimate of drug-likeness (QED) is 0.860. The van der Waals surface area contributed by atoms with E-state index in [2.05, 4.69) is 12.2 Å². The summed E-state index contributed by atoms with van der Waals surface area (Å²) in [5.74, 6) is -0.588. The van der Waals surface area contributed by atoms with Crippen LogP contribution in [0.4, 0.5) is 5.69 Å². The molecule has 1 aromatic carbocycles. The lowest BCUT2D eigenvalue weighted by Crippen LogP contribution is -2.26. The molecule has 0 unspecified atom stereocenters. The van der Waals surface area contributed by atoms with Crippen molar-refractivity contribution in [2.24, 2.45) is 11.8 Å². The molecule has 2 N–H and O–H groups in total. The Morgan fingerprint density at radius 2 is 1.67 bits per heavy atom. The number of carbonyl (C=O) groups is 2. The molecule has 114 valence electrons. The van der Waals surface area contributed by atoms with Crippen molar-refractivity contribution in [3.05, 3.63) is 27.7 Å². The predicted octanol–water partition coefficient (Wildman–Crippen LogP) is 4.46. The number of carboxylic acid groups (broad SMARTS) is 1. The summed E-state index contributed by atoms with van der Waals surface area (Å²) in [5.41, 5.74) is 0.279. The second kappa shape index (κ2) is 6.67. The van der Waals surface area contributed by atoms with E-state index in [4.69, 9.17) is 28.3 Å². The van der Waals surface area contributed by atoms with E-state index in [1.54, 1.807) is 0 Å². The van der Waals surface area contributed by atoms with Gasteiger partial charge in [0.2, 0.25) is 5.91 Å². The molecular weight excluding hydrogens is 313 g/mol. The topological polar surface area (TPSA) is 66.4 Å². The Labute approximate surface area is 133 Å². The Balaban J connectivity index is 2.12. The first-order chi connectivity index (χ1) is 9.88. The smallest absolute Gasteiger partial charge is 0.335 e. The fraction of sp³-hybridized carbons (Fsp3) is 0.467. The molecule has 1 amide bonds. The zero-order valence-electron chi connectivity index (χ0n) is 11.7. The highest BCUT2D eigenvalue weighted by Crippen LogP contribution is 2.34. The lowest BCUT2D eigenvalue weighted by molar-refractivity contribution is -0.121. The number of carboxylic acids is 1. The molecule has 0 spiro atoms. The molecular formula is C15H17Cl2NO3. The van der Waals surface area contributed by atoms with E-state index in [9.17, 15) is 9.59 Å². The van der Waals surface area contributed by atoms with E-state index in [0.717, 1.165) is 25.7 Å². The zero-order valence-corrected chi connectivity index (χ0v) is 13.2. The highest BCUT2D eigenvalue weighted by molar-refractivity contribution is 6.40. The normalized spacial score (nSPS) is 21.9. The van der Waals surface area contributed by atoms with Crippen LogP contribution >= 0.6 is 23.2 Å². The van der Waals surface area contributed by atoms with Gasteiger partial charge >= 0.3 is 5.97 Å². The van der Waals surface area contributed by atoms with Gasteiger partial charge in [-0.3, -0.25) is 4.79 Å². The van der Waals surface area contributed by atoms with Crippen molar-refractivity contribution in [2.75, 3.05) is 5.32 Å². The molecule has 0 heterocycles. The summed E-state index contributed by atoms with van der Waals surface area (Å²) in [4.78, 5) is 23.2. The van der Waals surface area contributed by atoms with Crippen molar-refractivity contribution in [3.8, 4) is 0 Å². The fourth-order valence-electron chi connectivity index (χ4n) is 2.56. The van der Waals surface area contributed by atoms with Crippen LogP contribution in [0.3, 0.4) is 0 Å². The third-order valence-corrected chi connectivity index (χ3v) is 4.52. The third kappa shape index (κ3) is 3.89. The molecule has 4 nitrogen and oxygen atoms in total. The number of hydrogen-bond acceptors (Lipinski definition) is 2. The molecule has 0 aliphatic heterocycles. The molecule has 0 radical (unpaired) electrons. The molecule has 21 heavy (non-hydrogen) atoms. The van der Waals surface area contributed by atoms with Crippen LogP contribution in [0.1, 0.15) is 43.0 Å². The second-order valence-electron chi connectivity index (χ2n) is 5.57. The number of halogens is 2. The first-order valence-electron chi connectivity index (χ1n) is 6.91. The van der Waals surface area contributed by atoms with Gasteiger partial charge in [-0.05, 0) is 43.7 Å². The number of carbonyl (C=O) groups excluding carboxylic acids is 1. The van der Waals surface area contributed by atoms with Crippen molar-refractivity contribution < 1.29 is 14.7 Å². The Morgan fingerprint density at radius 3 is 2.14 bits per heavy atom. The predicted molar refractivity (Wildman–Crippen MR) is 83.2 cm³/mol. The van der Waals surface area contributed by atoms with Crippen molar-refractivity contribution in [3.63, 3.8) is 0 Å². The standard InChI is InChI=1S/C15H17Cl2NO3/c1-8-2-4-9(5-3-8)14(19)18-13-11(16)6-10(15(20)21)7-12(13)17/h6-9H,2-5H2,1H3,(H,18,19)(H,20,21). The largest absolute Gasteiger partial charge is 0.478 e. The van der Waals surface area contributed by atoms with Gasteiger partial charge in [-0.1, -0.05) is 30.1 Å². The second-order valence-corrected chi connectivity index (χ2v) is 6.38. The van der Waals surface area contributed by atoms with E-state index in [-0.39, 0.29) is 33.1 Å². The van der Waals surface area contributed by atoms with Gasteiger partial charge in [0.05, 0.1) is 21.3 Å². The van der Waals surface area contributed by atoms with Gasteiger partial charge in [0.15, 0.2) is 0 Å². The number of hydrogen-bond donors (Lipinski definition) is 2. The van der Waals surface area contributed by atoms with Crippen molar-refractivity contribution in [1.29, 1.82) is 0 Å². The number of anilines is 1. The van der Waals surface area contributed by atoms with Gasteiger partial charge in [0.25, 0.3) is 0 Å². The number of rotatable bonds is 3. The zero-order chi connectivity index (χ0) is 15.6. The molecule has 1 aromatic rings. The first-order valence-corrected chi connectivity index (χ1v) is 7.67. The Kier molecular flexibility index (Phi) is 5.12. The molecule has 1 saturated carbocycles. The Bertz CT molecular complexity index is 543. The lowest BCUT2D eigenvalue weighted by atomic mass is 9.82. The van der Waals surface area contributed by atoms with Crippen LogP contribution in [-0.2, 0) is 4.79 Å². The molecule has 2 rings (SSSR count). The summed E-state index contributed by atoms with van der Waals surface area (Å²) in [5, 5.41) is 11.9. The van der Waals surface area contributed by atoms with E-state index >= 15 is 0 Å². The van der Waals surface area contributed by atoms with E-state index in [1.165, 1.54) is 12.1 Å². The molecule has 1 aliphatic carbocycles. The fourth-order valence-corrected chi connectivity index (χ4v) is 3.15. The number of amides is 1. The minimum Gasteiger partial charge on any atom is -0.478 e. The maximum absolute atomic E-state index is 12.3. The SMILES string of the molecule is CC1CCC(C(=O)Nc2c(Cl)cc(C(=O)O)cc2Cl)CC1. The molecule has 0 atom stereocenters. The molecule has 6 heteroatoms. The Morgan fingerprint density at radius 1 is 1.14 bits per heavy atom. The monoisotopic (exact) mass is 329 g/mol. The van der Waals surface area contributed by atoms with E-state index < -0.39 is 5.97 Å². The van der Waals surface area contributed by atoms with Crippen molar-refractivity contribution in [2.45, 2.75) is 32.6 Å². The van der Waals surface area contributed by atoms with Gasteiger partial charge in [-0.25, -0.2) is 4.79 Å². The lowest BCUT2D eigenvalue weighted by Gasteiger charge is -2.25. The van der Waals surface area contributed by atoms with E-state index in [0.29, 0.717) is 5.92 Å². The third-order valence-electron chi connectivity index (χ3n) is 3.92. The summed E-state index contributed by atoms with van der Waals surface area (Å²) in [6.07, 6.45) is 3.79. The van der Waals surface area contributed by atoms with Gasteiger partial charge < -0.3 is 10.4 Å². The highest BCUT2D eigenvalue weighted by Gasteiger charge is 2.25. The summed E-state index contributed by atoms with van der Waals surface area (Å²) in [6, 6.07) is 2.57. The van der Waals surface area contributed by atoms with Crippen LogP contribution in [0.5, 0.6) is 0 Å². The van der Waals surface area contributed by atoms with Crippen LogP contribution in [0.15, 0.2) is 12.1 Å². The van der Waals surface area contributed by atoms with Crippen LogP contribution in [-0.4, -0.2) is 17.0 Å². The summed E-state index contributed by atoms with van der Waals surface area (Å²) < 4.78 is 0. The van der Waals surface area contributed by atoms with Crippen LogP contribution in [0.2, 0.25) is 10.0 Å². The maximum Gasteiger partial charge on any atom is 0.335 e. The average Bonchev–Trinajstić information content (AvgIpc) is 2.43. The van der Waals surface area contributed by atoms with Crippen LogP contribution in [0.25, 0.3) is 0 Å². The van der Waals surface area contributed by atoms with Crippen molar-refractivity contribution >= 4 is 40.8 Å². The summed E-state index contributed by atoms with van der Waals surface area (Å²) >= 11 is 12.0. The Hall–Kier alpha value is -1.26. The van der Waals surface area contributed by atoms with Crippen LogP contribution in [0, 0.1) is 11.8 Å². The van der Waals surface area contributed by atoms with Gasteiger partial charge in [-0.15, -0.1) is 0 Å². The first kappa shape index (κ1) is 16.1. The maximum atomic E-state index is 12.3. The average molecular weight is 330 g/mol. The number of benzene rings is 1. The van der Waals surface area contributed by atoms with Crippen LogP contribution < -0.4 is 5.32 Å². The molecule has 1 fully saturated rings. The van der Waals surface area contributed by atoms with Gasteiger partial charge in [0, 0.05) is 5.92 Å². The molecule has 1 aliphatic rings. The van der Waals surface area contributed by atoms with E-state index in [1.807, 2.05) is 0 Å². The van der Waals surface area contributed by atoms with Crippen molar-refractivity contribution in [1.82, 2.24) is 0 Å². The number of nitrogens with one attached hydrogen (secondary N) is 1. The molecule has 0 aromatic heterocycles. The molecule has 0 bridgehead atoms.